The van der Waals surface area contributed by atoms with Crippen LogP contribution in [0.1, 0.15) is 26.0 Å². The van der Waals surface area contributed by atoms with Gasteiger partial charge in [0.05, 0.1) is 6.54 Å². The van der Waals surface area contributed by atoms with Gasteiger partial charge in [-0.2, -0.15) is 4.91 Å². The lowest BCUT2D eigenvalue weighted by Gasteiger charge is -2.19. The molecule has 0 saturated heterocycles. The van der Waals surface area contributed by atoms with Gasteiger partial charge in [0.25, 0.3) is 0 Å². The highest BCUT2D eigenvalue weighted by Crippen LogP contribution is 2.22. The molecule has 0 aliphatic carbocycles. The normalized spacial score (nSPS) is 11.3. The standard InChI is InChI=1S/C11H16N2O/c1-11(2,9-13-14)7-6-10-5-3-4-8-12-10/h3-5,8H,6-7,9H2,1-2H3. The van der Waals surface area contributed by atoms with Gasteiger partial charge in [-0.3, -0.25) is 4.98 Å². The SMILES string of the molecule is CC(C)(CCc1ccccn1)CN=O. The molecule has 3 heteroatoms. The third-order valence-corrected chi connectivity index (χ3v) is 2.28. The lowest BCUT2D eigenvalue weighted by atomic mass is 9.87. The van der Waals surface area contributed by atoms with Crippen LogP contribution in [0.15, 0.2) is 29.6 Å². The number of hydrogen-bond donors (Lipinski definition) is 0. The largest absolute Gasteiger partial charge is 0.261 e. The third-order valence-electron chi connectivity index (χ3n) is 2.28. The first-order valence-corrected chi connectivity index (χ1v) is 4.83. The van der Waals surface area contributed by atoms with Crippen LogP contribution in [0.3, 0.4) is 0 Å². The Morgan fingerprint density at radius 3 is 2.79 bits per heavy atom. The minimum atomic E-state index is -0.0146. The van der Waals surface area contributed by atoms with Gasteiger partial charge in [-0.25, -0.2) is 0 Å². The van der Waals surface area contributed by atoms with Crippen LogP contribution < -0.4 is 0 Å². The summed E-state index contributed by atoms with van der Waals surface area (Å²) in [6, 6.07) is 5.89. The number of pyridine rings is 1. The van der Waals surface area contributed by atoms with Crippen molar-refractivity contribution in [3.8, 4) is 0 Å². The van der Waals surface area contributed by atoms with Gasteiger partial charge in [-0.1, -0.05) is 25.1 Å². The first-order chi connectivity index (χ1) is 6.64. The van der Waals surface area contributed by atoms with Crippen LogP contribution in [0.4, 0.5) is 0 Å². The van der Waals surface area contributed by atoms with Gasteiger partial charge in [-0.15, -0.1) is 0 Å². The molecule has 0 amide bonds. The molecular weight excluding hydrogens is 176 g/mol. The summed E-state index contributed by atoms with van der Waals surface area (Å²) in [7, 11) is 0. The fourth-order valence-electron chi connectivity index (χ4n) is 1.27. The van der Waals surface area contributed by atoms with Crippen LogP contribution in [0.2, 0.25) is 0 Å². The summed E-state index contributed by atoms with van der Waals surface area (Å²) >= 11 is 0. The summed E-state index contributed by atoms with van der Waals surface area (Å²) in [5, 5.41) is 2.95. The predicted octanol–water partition coefficient (Wildman–Crippen LogP) is 2.81. The van der Waals surface area contributed by atoms with Crippen LogP contribution in [-0.2, 0) is 6.42 Å². The number of nitroso groups, excluding NO2 is 1. The molecule has 0 radical (unpaired) electrons. The van der Waals surface area contributed by atoms with Gasteiger partial charge in [0.15, 0.2) is 0 Å². The zero-order valence-corrected chi connectivity index (χ0v) is 8.73. The maximum Gasteiger partial charge on any atom is 0.0862 e. The highest BCUT2D eigenvalue weighted by Gasteiger charge is 2.17. The Labute approximate surface area is 84.5 Å². The summed E-state index contributed by atoms with van der Waals surface area (Å²) in [6.45, 7) is 4.48. The maximum atomic E-state index is 10.2. The minimum absolute atomic E-state index is 0.0146. The Morgan fingerprint density at radius 1 is 1.43 bits per heavy atom. The molecule has 0 bridgehead atoms. The van der Waals surface area contributed by atoms with Crippen molar-refractivity contribution in [1.82, 2.24) is 4.98 Å². The molecule has 0 aliphatic rings. The molecule has 1 rings (SSSR count). The van der Waals surface area contributed by atoms with Crippen LogP contribution in [-0.4, -0.2) is 11.5 Å². The van der Waals surface area contributed by atoms with Crippen molar-refractivity contribution >= 4 is 0 Å². The average Bonchev–Trinajstić information content (AvgIpc) is 2.17. The molecule has 0 aliphatic heterocycles. The molecule has 0 unspecified atom stereocenters. The van der Waals surface area contributed by atoms with E-state index in [-0.39, 0.29) is 5.41 Å². The van der Waals surface area contributed by atoms with E-state index in [1.54, 1.807) is 6.20 Å². The van der Waals surface area contributed by atoms with Crippen LogP contribution in [0.5, 0.6) is 0 Å². The van der Waals surface area contributed by atoms with E-state index in [4.69, 9.17) is 0 Å². The van der Waals surface area contributed by atoms with Gasteiger partial charge >= 0.3 is 0 Å². The van der Waals surface area contributed by atoms with E-state index in [1.807, 2.05) is 18.2 Å². The second kappa shape index (κ2) is 4.84. The van der Waals surface area contributed by atoms with Gasteiger partial charge in [0.2, 0.25) is 0 Å². The molecule has 1 aromatic rings. The zero-order chi connectivity index (χ0) is 10.4. The van der Waals surface area contributed by atoms with E-state index in [9.17, 15) is 4.91 Å². The van der Waals surface area contributed by atoms with Crippen LogP contribution in [0.25, 0.3) is 0 Å². The van der Waals surface area contributed by atoms with E-state index < -0.39 is 0 Å². The first-order valence-electron chi connectivity index (χ1n) is 4.83. The Kier molecular flexibility index (Phi) is 3.74. The molecule has 3 nitrogen and oxygen atoms in total. The summed E-state index contributed by atoms with van der Waals surface area (Å²) in [5.74, 6) is 0. The topological polar surface area (TPSA) is 42.3 Å². The van der Waals surface area contributed by atoms with Crippen molar-refractivity contribution in [3.63, 3.8) is 0 Å². The number of aryl methyl sites for hydroxylation is 1. The van der Waals surface area contributed by atoms with Crippen molar-refractivity contribution in [2.24, 2.45) is 10.6 Å². The quantitative estimate of drug-likeness (QED) is 0.673. The number of aromatic nitrogens is 1. The smallest absolute Gasteiger partial charge is 0.0862 e. The first kappa shape index (κ1) is 10.8. The average molecular weight is 192 g/mol. The molecule has 0 atom stereocenters. The van der Waals surface area contributed by atoms with E-state index in [0.29, 0.717) is 6.54 Å². The molecule has 0 spiro atoms. The monoisotopic (exact) mass is 192 g/mol. The molecule has 1 heterocycles. The van der Waals surface area contributed by atoms with Crippen molar-refractivity contribution in [3.05, 3.63) is 35.0 Å². The Bertz CT molecular complexity index is 283. The van der Waals surface area contributed by atoms with Crippen molar-refractivity contribution in [2.45, 2.75) is 26.7 Å². The second-order valence-electron chi connectivity index (χ2n) is 4.27. The molecule has 0 fully saturated rings. The summed E-state index contributed by atoms with van der Waals surface area (Å²) < 4.78 is 0. The van der Waals surface area contributed by atoms with Gasteiger partial charge in [-0.05, 0) is 30.4 Å². The number of rotatable bonds is 5. The minimum Gasteiger partial charge on any atom is -0.261 e. The van der Waals surface area contributed by atoms with Crippen molar-refractivity contribution in [2.75, 3.05) is 6.54 Å². The molecule has 14 heavy (non-hydrogen) atoms. The molecule has 0 saturated carbocycles. The zero-order valence-electron chi connectivity index (χ0n) is 8.73. The third kappa shape index (κ3) is 3.64. The fraction of sp³-hybridized carbons (Fsp3) is 0.545. The molecule has 0 aromatic carbocycles. The Balaban J connectivity index is 2.44. The molecule has 0 N–H and O–H groups in total. The molecule has 76 valence electrons. The summed E-state index contributed by atoms with van der Waals surface area (Å²) in [5.41, 5.74) is 1.06. The number of hydrogen-bond acceptors (Lipinski definition) is 3. The summed E-state index contributed by atoms with van der Waals surface area (Å²) in [6.07, 6.45) is 3.64. The fourth-order valence-corrected chi connectivity index (χ4v) is 1.27. The van der Waals surface area contributed by atoms with Gasteiger partial charge in [0, 0.05) is 11.9 Å². The highest BCUT2D eigenvalue weighted by molar-refractivity contribution is 5.03. The van der Waals surface area contributed by atoms with Crippen LogP contribution in [0, 0.1) is 10.3 Å². The predicted molar refractivity (Wildman–Crippen MR) is 57.0 cm³/mol. The van der Waals surface area contributed by atoms with Crippen molar-refractivity contribution in [1.29, 1.82) is 0 Å². The highest BCUT2D eigenvalue weighted by atomic mass is 16.3. The summed E-state index contributed by atoms with van der Waals surface area (Å²) in [4.78, 5) is 14.4. The second-order valence-corrected chi connectivity index (χ2v) is 4.27. The molecule has 1 aromatic heterocycles. The van der Waals surface area contributed by atoms with Crippen LogP contribution >= 0.6 is 0 Å². The van der Waals surface area contributed by atoms with Crippen molar-refractivity contribution < 1.29 is 0 Å². The lowest BCUT2D eigenvalue weighted by molar-refractivity contribution is 0.346. The van der Waals surface area contributed by atoms with E-state index >= 15 is 0 Å². The number of nitrogens with zero attached hydrogens (tertiary/aromatic N) is 2. The van der Waals surface area contributed by atoms with E-state index in [1.165, 1.54) is 0 Å². The Hall–Kier alpha value is -1.25. The maximum absolute atomic E-state index is 10.2. The van der Waals surface area contributed by atoms with Gasteiger partial charge < -0.3 is 0 Å². The van der Waals surface area contributed by atoms with E-state index in [2.05, 4.69) is 24.0 Å². The molecular formula is C11H16N2O. The van der Waals surface area contributed by atoms with Gasteiger partial charge in [0.1, 0.15) is 0 Å². The van der Waals surface area contributed by atoms with E-state index in [0.717, 1.165) is 18.5 Å². The Morgan fingerprint density at radius 2 is 2.21 bits per heavy atom. The lowest BCUT2D eigenvalue weighted by Crippen LogP contribution is -2.16.